The highest BCUT2D eigenvalue weighted by molar-refractivity contribution is 7.11. The summed E-state index contributed by atoms with van der Waals surface area (Å²) in [7, 11) is 0. The average molecular weight is 374 g/mol. The summed E-state index contributed by atoms with van der Waals surface area (Å²) in [6, 6.07) is 3.57. The molecular weight excluding hydrogens is 352 g/mol. The Hall–Kier alpha value is -1.92. The van der Waals surface area contributed by atoms with Crippen LogP contribution < -0.4 is 0 Å². The van der Waals surface area contributed by atoms with Gasteiger partial charge in [-0.1, -0.05) is 18.7 Å². The molecule has 2 fully saturated rings. The van der Waals surface area contributed by atoms with Crippen molar-refractivity contribution in [3.05, 3.63) is 46.2 Å². The molecule has 0 saturated carbocycles. The van der Waals surface area contributed by atoms with E-state index in [4.69, 9.17) is 14.2 Å². The molecule has 3 aliphatic rings. The maximum Gasteiger partial charge on any atom is 0.348 e. The molecule has 0 N–H and O–H groups in total. The van der Waals surface area contributed by atoms with Crippen LogP contribution in [-0.4, -0.2) is 35.9 Å². The molecule has 2 saturated heterocycles. The molecule has 5 nitrogen and oxygen atoms in total. The summed E-state index contributed by atoms with van der Waals surface area (Å²) in [6.45, 7) is 7.95. The number of esters is 2. The fourth-order valence-corrected chi connectivity index (χ4v) is 4.51. The number of fused-ring (bicyclic) bond motifs is 3. The predicted molar refractivity (Wildman–Crippen MR) is 96.9 cm³/mol. The van der Waals surface area contributed by atoms with Crippen LogP contribution in [0.5, 0.6) is 0 Å². The molecule has 0 unspecified atom stereocenters. The lowest BCUT2D eigenvalue weighted by Crippen LogP contribution is -2.33. The molecule has 4 rings (SSSR count). The van der Waals surface area contributed by atoms with E-state index >= 15 is 0 Å². The summed E-state index contributed by atoms with van der Waals surface area (Å²) >= 11 is 1.35. The van der Waals surface area contributed by atoms with Gasteiger partial charge in [0, 0.05) is 11.5 Å². The number of hydrogen-bond donors (Lipinski definition) is 0. The molecule has 0 bridgehead atoms. The molecule has 2 aliphatic heterocycles. The van der Waals surface area contributed by atoms with Crippen LogP contribution in [0.15, 0.2) is 41.3 Å². The standard InChI is InChI=1S/C20H22O5S/c1-11-6-4-8-20(3)17(25-20)16-13(12(2)18(21)24-16)10-14(11)23-19(22)15-7-5-9-26-15/h5-7,9,13-14,16-17H,2,4,8,10H2,1,3H3/t13-,14-,16-,17+,20+/m0/s1. The number of carbonyl (C=O) groups is 2. The molecule has 0 radical (unpaired) electrons. The molecule has 0 amide bonds. The van der Waals surface area contributed by atoms with E-state index in [2.05, 4.69) is 19.6 Å². The van der Waals surface area contributed by atoms with Crippen LogP contribution in [0.2, 0.25) is 0 Å². The maximum absolute atomic E-state index is 12.4. The first kappa shape index (κ1) is 17.5. The average Bonchev–Trinajstić information content (AvgIpc) is 2.96. The van der Waals surface area contributed by atoms with E-state index in [0.29, 0.717) is 16.9 Å². The summed E-state index contributed by atoms with van der Waals surface area (Å²) in [6.07, 6.45) is 3.38. The second-order valence-electron chi connectivity index (χ2n) is 7.45. The molecule has 1 aliphatic carbocycles. The third-order valence-corrected chi connectivity index (χ3v) is 6.49. The Morgan fingerprint density at radius 2 is 2.27 bits per heavy atom. The van der Waals surface area contributed by atoms with Crippen LogP contribution in [0.25, 0.3) is 0 Å². The van der Waals surface area contributed by atoms with Crippen molar-refractivity contribution in [2.75, 3.05) is 0 Å². The molecular formula is C20H22O5S. The van der Waals surface area contributed by atoms with E-state index in [1.807, 2.05) is 18.4 Å². The van der Waals surface area contributed by atoms with Crippen molar-refractivity contribution < 1.29 is 23.8 Å². The molecule has 0 spiro atoms. The van der Waals surface area contributed by atoms with Gasteiger partial charge in [-0.15, -0.1) is 11.3 Å². The van der Waals surface area contributed by atoms with Crippen LogP contribution in [0.4, 0.5) is 0 Å². The van der Waals surface area contributed by atoms with Gasteiger partial charge in [0.2, 0.25) is 0 Å². The van der Waals surface area contributed by atoms with Crippen LogP contribution in [0.3, 0.4) is 0 Å². The van der Waals surface area contributed by atoms with E-state index < -0.39 is 6.10 Å². The monoisotopic (exact) mass is 374 g/mol. The lowest BCUT2D eigenvalue weighted by molar-refractivity contribution is -0.140. The number of ether oxygens (including phenoxy) is 3. The van der Waals surface area contributed by atoms with Crippen LogP contribution in [-0.2, 0) is 19.0 Å². The maximum atomic E-state index is 12.4. The number of hydrogen-bond acceptors (Lipinski definition) is 6. The van der Waals surface area contributed by atoms with Gasteiger partial charge in [-0.2, -0.15) is 0 Å². The number of epoxide rings is 1. The molecule has 138 valence electrons. The minimum atomic E-state index is -0.411. The first-order valence-electron chi connectivity index (χ1n) is 8.88. The normalized spacial score (nSPS) is 36.5. The number of allylic oxidation sites excluding steroid dienone is 1. The van der Waals surface area contributed by atoms with Crippen LogP contribution in [0.1, 0.15) is 42.8 Å². The van der Waals surface area contributed by atoms with Crippen molar-refractivity contribution in [1.82, 2.24) is 0 Å². The Labute approximate surface area is 156 Å². The minimum absolute atomic E-state index is 0.115. The predicted octanol–water partition coefficient (Wildman–Crippen LogP) is 3.66. The highest BCUT2D eigenvalue weighted by Crippen LogP contribution is 2.50. The molecule has 0 aromatic carbocycles. The summed E-state index contributed by atoms with van der Waals surface area (Å²) in [5.41, 5.74) is 1.17. The SMILES string of the molecule is C=C1C(=O)O[C@@H]2[C@H]3O[C@]3(C)CCC=C(C)[C@@H](OC(=O)c3cccs3)C[C@@H]12. The van der Waals surface area contributed by atoms with Gasteiger partial charge in [-0.3, -0.25) is 0 Å². The topological polar surface area (TPSA) is 65.1 Å². The second-order valence-corrected chi connectivity index (χ2v) is 8.39. The van der Waals surface area contributed by atoms with Gasteiger partial charge in [0.25, 0.3) is 0 Å². The summed E-state index contributed by atoms with van der Waals surface area (Å²) in [5, 5.41) is 1.85. The molecule has 1 aromatic rings. The number of rotatable bonds is 2. The van der Waals surface area contributed by atoms with Crippen molar-refractivity contribution in [3.63, 3.8) is 0 Å². The van der Waals surface area contributed by atoms with Crippen LogP contribution >= 0.6 is 11.3 Å². The van der Waals surface area contributed by atoms with Gasteiger partial charge < -0.3 is 14.2 Å². The molecule has 6 heteroatoms. The molecule has 3 heterocycles. The van der Waals surface area contributed by atoms with Gasteiger partial charge in [0.1, 0.15) is 23.2 Å². The Bertz CT molecular complexity index is 780. The second kappa shape index (κ2) is 6.35. The smallest absolute Gasteiger partial charge is 0.348 e. The lowest BCUT2D eigenvalue weighted by Gasteiger charge is -2.25. The zero-order chi connectivity index (χ0) is 18.5. The third kappa shape index (κ3) is 3.01. The van der Waals surface area contributed by atoms with Crippen molar-refractivity contribution in [1.29, 1.82) is 0 Å². The van der Waals surface area contributed by atoms with Gasteiger partial charge in [-0.05, 0) is 50.1 Å². The van der Waals surface area contributed by atoms with Crippen molar-refractivity contribution >= 4 is 23.3 Å². The Morgan fingerprint density at radius 3 is 3.00 bits per heavy atom. The molecule has 5 atom stereocenters. The van der Waals surface area contributed by atoms with E-state index in [-0.39, 0.29) is 35.7 Å². The highest BCUT2D eigenvalue weighted by Gasteiger charge is 2.61. The van der Waals surface area contributed by atoms with E-state index in [1.54, 1.807) is 6.07 Å². The first-order valence-corrected chi connectivity index (χ1v) is 9.76. The van der Waals surface area contributed by atoms with E-state index in [0.717, 1.165) is 18.4 Å². The summed E-state index contributed by atoms with van der Waals surface area (Å²) in [4.78, 5) is 25.1. The summed E-state index contributed by atoms with van der Waals surface area (Å²) < 4.78 is 17.3. The fraction of sp³-hybridized carbons (Fsp3) is 0.500. The zero-order valence-electron chi connectivity index (χ0n) is 14.9. The quantitative estimate of drug-likeness (QED) is 0.342. The van der Waals surface area contributed by atoms with Crippen molar-refractivity contribution in [3.8, 4) is 0 Å². The fourth-order valence-electron chi connectivity index (χ4n) is 3.91. The minimum Gasteiger partial charge on any atom is -0.455 e. The lowest BCUT2D eigenvalue weighted by atomic mass is 9.83. The Balaban J connectivity index is 1.61. The highest BCUT2D eigenvalue weighted by atomic mass is 32.1. The van der Waals surface area contributed by atoms with Crippen molar-refractivity contribution in [2.24, 2.45) is 5.92 Å². The Kier molecular flexibility index (Phi) is 4.28. The number of carbonyl (C=O) groups excluding carboxylic acids is 2. The third-order valence-electron chi connectivity index (χ3n) is 5.64. The van der Waals surface area contributed by atoms with Gasteiger partial charge in [0.05, 0.1) is 5.60 Å². The van der Waals surface area contributed by atoms with Crippen molar-refractivity contribution in [2.45, 2.75) is 57.0 Å². The number of thiophene rings is 1. The van der Waals surface area contributed by atoms with Gasteiger partial charge in [0.15, 0.2) is 0 Å². The van der Waals surface area contributed by atoms with E-state index in [1.165, 1.54) is 11.3 Å². The Morgan fingerprint density at radius 1 is 1.46 bits per heavy atom. The molecule has 26 heavy (non-hydrogen) atoms. The van der Waals surface area contributed by atoms with Crippen LogP contribution in [0, 0.1) is 5.92 Å². The largest absolute Gasteiger partial charge is 0.455 e. The first-order chi connectivity index (χ1) is 12.4. The van der Waals surface area contributed by atoms with E-state index in [9.17, 15) is 9.59 Å². The van der Waals surface area contributed by atoms with Gasteiger partial charge in [-0.25, -0.2) is 9.59 Å². The summed E-state index contributed by atoms with van der Waals surface area (Å²) in [5.74, 6) is -0.923. The molecule has 1 aromatic heterocycles. The zero-order valence-corrected chi connectivity index (χ0v) is 15.7. The van der Waals surface area contributed by atoms with Gasteiger partial charge >= 0.3 is 11.9 Å².